The highest BCUT2D eigenvalue weighted by atomic mass is 32.2. The summed E-state index contributed by atoms with van der Waals surface area (Å²) < 4.78 is 27.8. The van der Waals surface area contributed by atoms with E-state index in [2.05, 4.69) is 20.0 Å². The molecule has 1 heterocycles. The van der Waals surface area contributed by atoms with Gasteiger partial charge in [0, 0.05) is 18.4 Å². The van der Waals surface area contributed by atoms with Gasteiger partial charge in [-0.25, -0.2) is 18.1 Å². The molecule has 3 atom stereocenters. The van der Waals surface area contributed by atoms with Crippen molar-refractivity contribution in [1.82, 2.24) is 9.71 Å². The first kappa shape index (κ1) is 18.0. The number of aromatic nitrogens is 1. The first-order chi connectivity index (χ1) is 11.6. The summed E-state index contributed by atoms with van der Waals surface area (Å²) in [5.41, 5.74) is 5.87. The maximum absolute atomic E-state index is 12.7. The van der Waals surface area contributed by atoms with Crippen LogP contribution in [0.15, 0.2) is 28.3 Å². The van der Waals surface area contributed by atoms with Crippen LogP contribution in [0.5, 0.6) is 0 Å². The van der Waals surface area contributed by atoms with Gasteiger partial charge in [-0.05, 0) is 57.9 Å². The number of hydrogen-bond donors (Lipinski definition) is 3. The SMILES string of the molecule is CC(C)(C)N=C(N)NS(=O)(=O)c1cnccc1N[C@@H]1C[C@H]2CC[C@@H]1C2. The second-order valence-corrected chi connectivity index (χ2v) is 9.72. The van der Waals surface area contributed by atoms with E-state index >= 15 is 0 Å². The molecule has 0 unspecified atom stereocenters. The largest absolute Gasteiger partial charge is 0.381 e. The molecule has 2 fully saturated rings. The van der Waals surface area contributed by atoms with Gasteiger partial charge in [0.05, 0.1) is 11.2 Å². The summed E-state index contributed by atoms with van der Waals surface area (Å²) in [7, 11) is -3.85. The summed E-state index contributed by atoms with van der Waals surface area (Å²) in [6, 6.07) is 2.04. The van der Waals surface area contributed by atoms with Gasteiger partial charge in [-0.15, -0.1) is 0 Å². The highest BCUT2D eigenvalue weighted by molar-refractivity contribution is 7.90. The van der Waals surface area contributed by atoms with Gasteiger partial charge < -0.3 is 11.1 Å². The van der Waals surface area contributed by atoms with Gasteiger partial charge in [-0.1, -0.05) is 6.42 Å². The number of aliphatic imine (C=N–C) groups is 1. The minimum atomic E-state index is -3.85. The van der Waals surface area contributed by atoms with E-state index in [0.29, 0.717) is 17.6 Å². The minimum absolute atomic E-state index is 0.102. The van der Waals surface area contributed by atoms with Crippen molar-refractivity contribution >= 4 is 21.7 Å². The van der Waals surface area contributed by atoms with Crippen LogP contribution in [0, 0.1) is 11.8 Å². The van der Waals surface area contributed by atoms with Crippen LogP contribution >= 0.6 is 0 Å². The average Bonchev–Trinajstić information content (AvgIpc) is 3.07. The number of nitrogens with zero attached hydrogens (tertiary/aromatic N) is 2. The molecule has 0 amide bonds. The Morgan fingerprint density at radius 2 is 2.08 bits per heavy atom. The van der Waals surface area contributed by atoms with Crippen molar-refractivity contribution < 1.29 is 8.42 Å². The summed E-state index contributed by atoms with van der Waals surface area (Å²) >= 11 is 0. The average molecular weight is 366 g/mol. The maximum Gasteiger partial charge on any atom is 0.267 e. The monoisotopic (exact) mass is 365 g/mol. The summed E-state index contributed by atoms with van der Waals surface area (Å²) in [6.45, 7) is 5.54. The summed E-state index contributed by atoms with van der Waals surface area (Å²) in [5, 5.41) is 3.43. The zero-order valence-corrected chi connectivity index (χ0v) is 15.8. The second-order valence-electron chi connectivity index (χ2n) is 8.07. The quantitative estimate of drug-likeness (QED) is 0.559. The normalized spacial score (nSPS) is 26.7. The number of anilines is 1. The van der Waals surface area contributed by atoms with Crippen molar-refractivity contribution in [1.29, 1.82) is 0 Å². The third kappa shape index (κ3) is 4.23. The van der Waals surface area contributed by atoms with E-state index in [0.717, 1.165) is 12.3 Å². The van der Waals surface area contributed by atoms with E-state index in [1.807, 2.05) is 20.8 Å². The molecule has 7 nitrogen and oxygen atoms in total. The number of nitrogens with one attached hydrogen (secondary N) is 2. The lowest BCUT2D eigenvalue weighted by atomic mass is 9.95. The molecule has 0 radical (unpaired) electrons. The predicted octanol–water partition coefficient (Wildman–Crippen LogP) is 2.07. The van der Waals surface area contributed by atoms with Gasteiger partial charge in [0.25, 0.3) is 10.0 Å². The highest BCUT2D eigenvalue weighted by Crippen LogP contribution is 2.45. The maximum atomic E-state index is 12.7. The van der Waals surface area contributed by atoms with E-state index in [-0.39, 0.29) is 10.9 Å². The molecular formula is C17H27N5O2S. The molecule has 0 spiro atoms. The molecule has 1 aromatic heterocycles. The smallest absolute Gasteiger partial charge is 0.267 e. The van der Waals surface area contributed by atoms with Crippen LogP contribution < -0.4 is 15.8 Å². The number of rotatable bonds is 4. The number of hydrogen-bond acceptors (Lipinski definition) is 5. The number of fused-ring (bicyclic) bond motifs is 2. The third-order valence-electron chi connectivity index (χ3n) is 4.85. The third-order valence-corrected chi connectivity index (χ3v) is 6.23. The van der Waals surface area contributed by atoms with Crippen LogP contribution in [0.4, 0.5) is 5.69 Å². The minimum Gasteiger partial charge on any atom is -0.381 e. The molecule has 0 saturated heterocycles. The van der Waals surface area contributed by atoms with Crippen molar-refractivity contribution in [2.24, 2.45) is 22.6 Å². The fourth-order valence-corrected chi connectivity index (χ4v) is 4.96. The van der Waals surface area contributed by atoms with Crippen LogP contribution in [0.3, 0.4) is 0 Å². The van der Waals surface area contributed by atoms with Crippen LogP contribution in [-0.4, -0.2) is 30.9 Å². The lowest BCUT2D eigenvalue weighted by Gasteiger charge is -2.25. The molecule has 2 saturated carbocycles. The first-order valence-electron chi connectivity index (χ1n) is 8.73. The van der Waals surface area contributed by atoms with E-state index in [1.54, 1.807) is 12.3 Å². The Bertz CT molecular complexity index is 769. The summed E-state index contributed by atoms with van der Waals surface area (Å²) in [4.78, 5) is 8.23. The lowest BCUT2D eigenvalue weighted by molar-refractivity contribution is 0.439. The van der Waals surface area contributed by atoms with Gasteiger partial charge in [-0.2, -0.15) is 0 Å². The molecule has 3 rings (SSSR count). The number of guanidine groups is 1. The first-order valence-corrected chi connectivity index (χ1v) is 10.2. The molecule has 2 aliphatic rings. The van der Waals surface area contributed by atoms with Crippen LogP contribution in [-0.2, 0) is 10.0 Å². The van der Waals surface area contributed by atoms with Crippen molar-refractivity contribution in [3.8, 4) is 0 Å². The van der Waals surface area contributed by atoms with Crippen LogP contribution in [0.1, 0.15) is 46.5 Å². The lowest BCUT2D eigenvalue weighted by Crippen LogP contribution is -2.39. The van der Waals surface area contributed by atoms with Gasteiger partial charge >= 0.3 is 0 Å². The van der Waals surface area contributed by atoms with Gasteiger partial charge in [0.2, 0.25) is 5.96 Å². The van der Waals surface area contributed by atoms with Gasteiger partial charge in [0.1, 0.15) is 4.90 Å². The molecule has 25 heavy (non-hydrogen) atoms. The highest BCUT2D eigenvalue weighted by Gasteiger charge is 2.40. The van der Waals surface area contributed by atoms with E-state index < -0.39 is 15.6 Å². The molecular weight excluding hydrogens is 338 g/mol. The Morgan fingerprint density at radius 1 is 1.32 bits per heavy atom. The molecule has 138 valence electrons. The molecule has 2 aliphatic carbocycles. The van der Waals surface area contributed by atoms with Gasteiger partial charge in [-0.3, -0.25) is 4.98 Å². The standard InChI is InChI=1S/C17H27N5O2S/c1-17(2,3)21-16(18)22-25(23,24)15-10-19-7-6-13(15)20-14-9-11-4-5-12(14)8-11/h6-7,10-12,14H,4-5,8-9H2,1-3H3,(H,19,20)(H3,18,21,22)/t11-,12+,14+/m0/s1. The Labute approximate surface area is 149 Å². The van der Waals surface area contributed by atoms with E-state index in [9.17, 15) is 8.42 Å². The predicted molar refractivity (Wildman–Crippen MR) is 98.8 cm³/mol. The number of nitrogens with two attached hydrogens (primary N) is 1. The van der Waals surface area contributed by atoms with E-state index in [4.69, 9.17) is 5.73 Å². The zero-order valence-electron chi connectivity index (χ0n) is 15.0. The topological polar surface area (TPSA) is 109 Å². The van der Waals surface area contributed by atoms with Crippen molar-refractivity contribution in [3.05, 3.63) is 18.5 Å². The Balaban J connectivity index is 1.81. The molecule has 0 aromatic carbocycles. The molecule has 1 aromatic rings. The molecule has 0 aliphatic heterocycles. The summed E-state index contributed by atoms with van der Waals surface area (Å²) in [5.74, 6) is 1.29. The van der Waals surface area contributed by atoms with Gasteiger partial charge in [0.15, 0.2) is 0 Å². The van der Waals surface area contributed by atoms with Crippen molar-refractivity contribution in [2.75, 3.05) is 5.32 Å². The molecule has 8 heteroatoms. The zero-order chi connectivity index (χ0) is 18.2. The van der Waals surface area contributed by atoms with Crippen LogP contribution in [0.2, 0.25) is 0 Å². The molecule has 4 N–H and O–H groups in total. The number of sulfonamides is 1. The Morgan fingerprint density at radius 3 is 2.68 bits per heavy atom. The van der Waals surface area contributed by atoms with Crippen LogP contribution in [0.25, 0.3) is 0 Å². The van der Waals surface area contributed by atoms with E-state index in [1.165, 1.54) is 25.5 Å². The second kappa shape index (κ2) is 6.48. The Kier molecular flexibility index (Phi) is 4.66. The van der Waals surface area contributed by atoms with Crippen molar-refractivity contribution in [2.45, 2.75) is 62.9 Å². The number of pyridine rings is 1. The molecule has 2 bridgehead atoms. The Hall–Kier alpha value is -1.83. The summed E-state index contributed by atoms with van der Waals surface area (Å²) in [6.07, 6.45) is 7.82. The fraction of sp³-hybridized carbons (Fsp3) is 0.647. The fourth-order valence-electron chi connectivity index (χ4n) is 3.91. The van der Waals surface area contributed by atoms with Crippen molar-refractivity contribution in [3.63, 3.8) is 0 Å².